The van der Waals surface area contributed by atoms with Crippen LogP contribution in [-0.2, 0) is 0 Å². The zero-order valence-electron chi connectivity index (χ0n) is 10.9. The highest BCUT2D eigenvalue weighted by Gasteiger charge is 2.24. The highest BCUT2D eigenvalue weighted by molar-refractivity contribution is 7.13. The van der Waals surface area contributed by atoms with Crippen LogP contribution in [0.2, 0.25) is 0 Å². The third-order valence-electron chi connectivity index (χ3n) is 3.71. The number of anilines is 1. The van der Waals surface area contributed by atoms with Crippen molar-refractivity contribution in [3.05, 3.63) is 11.7 Å². The standard InChI is InChI=1S/C12H18N6S/c1-8(13)9-2-4-18(5-3-9)12-15-11(16-17-12)10-6-14-7-19-10/h6-9H,2-5,13H2,1H3,(H,15,16,17). The first kappa shape index (κ1) is 12.6. The Bertz CT molecular complexity index is 512. The van der Waals surface area contributed by atoms with E-state index in [9.17, 15) is 0 Å². The Morgan fingerprint density at radius 1 is 1.47 bits per heavy atom. The maximum atomic E-state index is 5.96. The van der Waals surface area contributed by atoms with Crippen LogP contribution in [0.4, 0.5) is 5.95 Å². The molecule has 19 heavy (non-hydrogen) atoms. The van der Waals surface area contributed by atoms with Crippen LogP contribution in [-0.4, -0.2) is 39.3 Å². The summed E-state index contributed by atoms with van der Waals surface area (Å²) in [5.74, 6) is 2.20. The molecule has 1 atom stereocenters. The van der Waals surface area contributed by atoms with E-state index in [1.807, 2.05) is 0 Å². The molecule has 3 N–H and O–H groups in total. The number of H-pyrrole nitrogens is 1. The second-order valence-electron chi connectivity index (χ2n) is 5.03. The molecule has 6 nitrogen and oxygen atoms in total. The zero-order chi connectivity index (χ0) is 13.2. The van der Waals surface area contributed by atoms with Gasteiger partial charge in [-0.05, 0) is 25.7 Å². The SMILES string of the molecule is CC(N)C1CCN(c2n[nH]c(-c3cncs3)n2)CC1. The topological polar surface area (TPSA) is 83.7 Å². The first-order valence-electron chi connectivity index (χ1n) is 6.56. The van der Waals surface area contributed by atoms with E-state index in [4.69, 9.17) is 5.73 Å². The molecule has 1 fully saturated rings. The van der Waals surface area contributed by atoms with Crippen molar-refractivity contribution in [2.24, 2.45) is 11.7 Å². The van der Waals surface area contributed by atoms with Crippen LogP contribution >= 0.6 is 11.3 Å². The Morgan fingerprint density at radius 3 is 2.89 bits per heavy atom. The van der Waals surface area contributed by atoms with Gasteiger partial charge in [0, 0.05) is 25.3 Å². The van der Waals surface area contributed by atoms with Crippen LogP contribution in [0.15, 0.2) is 11.7 Å². The summed E-state index contributed by atoms with van der Waals surface area (Å²) in [5, 5.41) is 7.29. The van der Waals surface area contributed by atoms with Crippen LogP contribution in [0.1, 0.15) is 19.8 Å². The molecular formula is C12H18N6S. The summed E-state index contributed by atoms with van der Waals surface area (Å²) in [5.41, 5.74) is 7.76. The first-order valence-corrected chi connectivity index (χ1v) is 7.44. The molecule has 0 aromatic carbocycles. The summed E-state index contributed by atoms with van der Waals surface area (Å²) in [6.45, 7) is 4.05. The minimum absolute atomic E-state index is 0.280. The number of piperidine rings is 1. The van der Waals surface area contributed by atoms with Crippen molar-refractivity contribution >= 4 is 17.3 Å². The summed E-state index contributed by atoms with van der Waals surface area (Å²) >= 11 is 1.56. The van der Waals surface area contributed by atoms with Gasteiger partial charge in [-0.15, -0.1) is 16.4 Å². The summed E-state index contributed by atoms with van der Waals surface area (Å²) < 4.78 is 0. The Labute approximate surface area is 116 Å². The zero-order valence-corrected chi connectivity index (χ0v) is 11.7. The molecule has 7 heteroatoms. The highest BCUT2D eigenvalue weighted by Crippen LogP contribution is 2.25. The molecule has 3 heterocycles. The van der Waals surface area contributed by atoms with Gasteiger partial charge in [0.15, 0.2) is 5.82 Å². The van der Waals surface area contributed by atoms with Gasteiger partial charge < -0.3 is 10.6 Å². The number of hydrogen-bond acceptors (Lipinski definition) is 6. The van der Waals surface area contributed by atoms with Crippen LogP contribution < -0.4 is 10.6 Å². The molecule has 0 radical (unpaired) electrons. The number of thiazole rings is 1. The fourth-order valence-electron chi connectivity index (χ4n) is 2.46. The predicted octanol–water partition coefficient (Wildman–Crippen LogP) is 1.49. The summed E-state index contributed by atoms with van der Waals surface area (Å²) in [7, 11) is 0. The molecule has 102 valence electrons. The smallest absolute Gasteiger partial charge is 0.245 e. The van der Waals surface area contributed by atoms with E-state index < -0.39 is 0 Å². The van der Waals surface area contributed by atoms with E-state index in [0.717, 1.165) is 42.6 Å². The molecule has 1 aliphatic rings. The lowest BCUT2D eigenvalue weighted by Crippen LogP contribution is -2.40. The number of hydrogen-bond donors (Lipinski definition) is 2. The molecule has 1 unspecified atom stereocenters. The quantitative estimate of drug-likeness (QED) is 0.888. The van der Waals surface area contributed by atoms with Crippen LogP contribution in [0, 0.1) is 5.92 Å². The molecular weight excluding hydrogens is 260 g/mol. The van der Waals surface area contributed by atoms with E-state index in [2.05, 4.69) is 32.0 Å². The van der Waals surface area contributed by atoms with Crippen molar-refractivity contribution in [2.45, 2.75) is 25.8 Å². The maximum Gasteiger partial charge on any atom is 0.245 e. The fourth-order valence-corrected chi connectivity index (χ4v) is 3.02. The van der Waals surface area contributed by atoms with Gasteiger partial charge in [0.25, 0.3) is 0 Å². The van der Waals surface area contributed by atoms with Crippen LogP contribution in [0.5, 0.6) is 0 Å². The Kier molecular flexibility index (Phi) is 3.48. The molecule has 0 spiro atoms. The molecule has 0 amide bonds. The van der Waals surface area contributed by atoms with Crippen molar-refractivity contribution in [1.82, 2.24) is 20.2 Å². The van der Waals surface area contributed by atoms with Gasteiger partial charge in [0.05, 0.1) is 10.4 Å². The molecule has 0 aliphatic carbocycles. The van der Waals surface area contributed by atoms with E-state index in [1.165, 1.54) is 0 Å². The summed E-state index contributed by atoms with van der Waals surface area (Å²) in [6.07, 6.45) is 4.03. The minimum Gasteiger partial charge on any atom is -0.340 e. The largest absolute Gasteiger partial charge is 0.340 e. The van der Waals surface area contributed by atoms with Gasteiger partial charge in [0.2, 0.25) is 5.95 Å². The average molecular weight is 278 g/mol. The molecule has 0 saturated carbocycles. The van der Waals surface area contributed by atoms with E-state index >= 15 is 0 Å². The van der Waals surface area contributed by atoms with Crippen molar-refractivity contribution in [2.75, 3.05) is 18.0 Å². The second-order valence-corrected chi connectivity index (χ2v) is 5.92. The summed E-state index contributed by atoms with van der Waals surface area (Å²) in [4.78, 5) is 11.8. The molecule has 0 bridgehead atoms. The minimum atomic E-state index is 0.280. The van der Waals surface area contributed by atoms with Gasteiger partial charge in [-0.1, -0.05) is 0 Å². The van der Waals surface area contributed by atoms with E-state index in [1.54, 1.807) is 23.0 Å². The molecule has 3 rings (SSSR count). The normalized spacial score (nSPS) is 18.7. The van der Waals surface area contributed by atoms with Crippen molar-refractivity contribution in [1.29, 1.82) is 0 Å². The third kappa shape index (κ3) is 2.62. The number of aromatic amines is 1. The van der Waals surface area contributed by atoms with Crippen LogP contribution in [0.3, 0.4) is 0 Å². The third-order valence-corrected chi connectivity index (χ3v) is 4.49. The first-order chi connectivity index (χ1) is 9.24. The van der Waals surface area contributed by atoms with Crippen molar-refractivity contribution in [3.63, 3.8) is 0 Å². The van der Waals surface area contributed by atoms with Gasteiger partial charge in [-0.2, -0.15) is 4.98 Å². The number of rotatable bonds is 3. The Balaban J connectivity index is 1.68. The number of nitrogens with two attached hydrogens (primary N) is 1. The van der Waals surface area contributed by atoms with Crippen molar-refractivity contribution < 1.29 is 0 Å². The average Bonchev–Trinajstić information content (AvgIpc) is 3.10. The van der Waals surface area contributed by atoms with Crippen molar-refractivity contribution in [3.8, 4) is 10.7 Å². The maximum absolute atomic E-state index is 5.96. The fraction of sp³-hybridized carbons (Fsp3) is 0.583. The lowest BCUT2D eigenvalue weighted by molar-refractivity contribution is 0.352. The highest BCUT2D eigenvalue weighted by atomic mass is 32.1. The van der Waals surface area contributed by atoms with Gasteiger partial charge in [-0.3, -0.25) is 10.1 Å². The van der Waals surface area contributed by atoms with Gasteiger partial charge in [0.1, 0.15) is 0 Å². The van der Waals surface area contributed by atoms with E-state index in [0.29, 0.717) is 5.92 Å². The summed E-state index contributed by atoms with van der Waals surface area (Å²) in [6, 6.07) is 0.280. The molecule has 2 aromatic rings. The Hall–Kier alpha value is -1.47. The molecule has 1 aliphatic heterocycles. The monoisotopic (exact) mass is 278 g/mol. The van der Waals surface area contributed by atoms with Crippen LogP contribution in [0.25, 0.3) is 10.7 Å². The van der Waals surface area contributed by atoms with Gasteiger partial charge in [-0.25, -0.2) is 0 Å². The van der Waals surface area contributed by atoms with Gasteiger partial charge >= 0.3 is 0 Å². The second kappa shape index (κ2) is 5.26. The number of aromatic nitrogens is 4. The Morgan fingerprint density at radius 2 is 2.26 bits per heavy atom. The molecule has 2 aromatic heterocycles. The van der Waals surface area contributed by atoms with E-state index in [-0.39, 0.29) is 6.04 Å². The lowest BCUT2D eigenvalue weighted by Gasteiger charge is -2.32. The number of nitrogens with one attached hydrogen (secondary N) is 1. The lowest BCUT2D eigenvalue weighted by atomic mass is 9.91. The predicted molar refractivity (Wildman–Crippen MR) is 76.1 cm³/mol. The number of nitrogens with zero attached hydrogens (tertiary/aromatic N) is 4. The molecule has 1 saturated heterocycles.